The highest BCUT2D eigenvalue weighted by Gasteiger charge is 2.08. The maximum absolute atomic E-state index is 10.9. The summed E-state index contributed by atoms with van der Waals surface area (Å²) in [6, 6.07) is 10.6. The minimum absolute atomic E-state index is 0. The molecule has 76 valence electrons. The summed E-state index contributed by atoms with van der Waals surface area (Å²) in [5.41, 5.74) is 0.779. The number of pyridine rings is 1. The van der Waals surface area contributed by atoms with Gasteiger partial charge in [0.1, 0.15) is 0 Å². The Bertz CT molecular complexity index is 487. The van der Waals surface area contributed by atoms with Gasteiger partial charge in [0.2, 0.25) is 0 Å². The first-order chi connectivity index (χ1) is 6.81. The van der Waals surface area contributed by atoms with Crippen LogP contribution in [0.1, 0.15) is 10.5 Å². The SMILES string of the molecule is O=C(OO)c1ccc2ccccc2n1.[AlH3]. The Hall–Kier alpha value is -1.41. The van der Waals surface area contributed by atoms with E-state index in [2.05, 4.69) is 9.87 Å². The molecule has 0 aliphatic heterocycles. The summed E-state index contributed by atoms with van der Waals surface area (Å²) >= 11 is 0. The van der Waals surface area contributed by atoms with E-state index in [0.717, 1.165) is 5.39 Å². The van der Waals surface area contributed by atoms with Crippen LogP contribution in [0.5, 0.6) is 0 Å². The normalized spacial score (nSPS) is 9.40. The van der Waals surface area contributed by atoms with Crippen molar-refractivity contribution in [2.75, 3.05) is 0 Å². The van der Waals surface area contributed by atoms with E-state index in [1.165, 1.54) is 6.07 Å². The Morgan fingerprint density at radius 1 is 1.20 bits per heavy atom. The van der Waals surface area contributed by atoms with Crippen molar-refractivity contribution in [2.45, 2.75) is 0 Å². The Kier molecular flexibility index (Phi) is 3.81. The van der Waals surface area contributed by atoms with Crippen molar-refractivity contribution < 1.29 is 14.9 Å². The lowest BCUT2D eigenvalue weighted by molar-refractivity contribution is -0.183. The average molecular weight is 219 g/mol. The molecule has 0 radical (unpaired) electrons. The maximum Gasteiger partial charge on any atom is 0.390 e. The zero-order valence-electron chi connectivity index (χ0n) is 7.18. The molecule has 0 unspecified atom stereocenters. The van der Waals surface area contributed by atoms with Gasteiger partial charge in [0.25, 0.3) is 0 Å². The van der Waals surface area contributed by atoms with Crippen LogP contribution >= 0.6 is 0 Å². The second kappa shape index (κ2) is 4.90. The quantitative estimate of drug-likeness (QED) is 0.435. The predicted octanol–water partition coefficient (Wildman–Crippen LogP) is 0.681. The van der Waals surface area contributed by atoms with Gasteiger partial charge in [-0.25, -0.2) is 9.78 Å². The molecular weight excluding hydrogens is 209 g/mol. The first-order valence-corrected chi connectivity index (χ1v) is 4.03. The van der Waals surface area contributed by atoms with Gasteiger partial charge in [0.05, 0.1) is 5.52 Å². The van der Waals surface area contributed by atoms with E-state index in [-0.39, 0.29) is 23.1 Å². The van der Waals surface area contributed by atoms with Gasteiger partial charge in [-0.05, 0) is 12.1 Å². The maximum atomic E-state index is 10.9. The van der Waals surface area contributed by atoms with Crippen LogP contribution in [0.3, 0.4) is 0 Å². The van der Waals surface area contributed by atoms with E-state index in [0.29, 0.717) is 5.52 Å². The van der Waals surface area contributed by atoms with Crippen LogP contribution in [0.4, 0.5) is 0 Å². The third kappa shape index (κ3) is 2.34. The molecule has 1 aromatic carbocycles. The van der Waals surface area contributed by atoms with E-state index in [4.69, 9.17) is 5.26 Å². The molecule has 1 heterocycles. The van der Waals surface area contributed by atoms with Gasteiger partial charge >= 0.3 is 5.97 Å². The molecule has 0 amide bonds. The van der Waals surface area contributed by atoms with Crippen molar-refractivity contribution in [2.24, 2.45) is 0 Å². The Morgan fingerprint density at radius 2 is 1.93 bits per heavy atom. The molecule has 1 N–H and O–H groups in total. The van der Waals surface area contributed by atoms with Crippen molar-refractivity contribution in [3.63, 3.8) is 0 Å². The number of carbonyl (C=O) groups excluding carboxylic acids is 1. The highest BCUT2D eigenvalue weighted by Crippen LogP contribution is 2.11. The lowest BCUT2D eigenvalue weighted by Crippen LogP contribution is -2.04. The second-order valence-electron chi connectivity index (χ2n) is 2.77. The van der Waals surface area contributed by atoms with E-state index in [1.807, 2.05) is 18.2 Å². The van der Waals surface area contributed by atoms with Crippen LogP contribution in [0, 0.1) is 0 Å². The number of carbonyl (C=O) groups is 1. The van der Waals surface area contributed by atoms with Gasteiger partial charge in [-0.2, -0.15) is 5.26 Å². The summed E-state index contributed by atoms with van der Waals surface area (Å²) in [6.07, 6.45) is 0. The van der Waals surface area contributed by atoms with E-state index in [1.54, 1.807) is 12.1 Å². The van der Waals surface area contributed by atoms with Crippen LogP contribution in [-0.2, 0) is 4.89 Å². The largest absolute Gasteiger partial charge is 0.390 e. The van der Waals surface area contributed by atoms with Crippen molar-refractivity contribution in [3.8, 4) is 0 Å². The number of hydrogen-bond acceptors (Lipinski definition) is 4. The summed E-state index contributed by atoms with van der Waals surface area (Å²) in [5.74, 6) is -0.851. The molecule has 0 saturated carbocycles. The van der Waals surface area contributed by atoms with Gasteiger partial charge in [-0.15, -0.1) is 0 Å². The highest BCUT2D eigenvalue weighted by atomic mass is 27.0. The number of rotatable bonds is 1. The standard InChI is InChI=1S/C10H7NO3.Al.3H/c12-10(14-13)9-6-5-7-3-1-2-4-8(7)11-9;;;;/h1-6,13H;;;;. The van der Waals surface area contributed by atoms with E-state index >= 15 is 0 Å². The van der Waals surface area contributed by atoms with E-state index < -0.39 is 5.97 Å². The molecule has 0 bridgehead atoms. The fourth-order valence-electron chi connectivity index (χ4n) is 1.23. The van der Waals surface area contributed by atoms with Gasteiger partial charge in [-0.3, -0.25) is 4.89 Å². The molecule has 0 atom stereocenters. The molecule has 0 aliphatic carbocycles. The molecule has 2 rings (SSSR count). The first-order valence-electron chi connectivity index (χ1n) is 4.03. The molecule has 0 spiro atoms. The van der Waals surface area contributed by atoms with Gasteiger partial charge in [0, 0.05) is 5.39 Å². The minimum Gasteiger partial charge on any atom is -0.294 e. The first kappa shape index (κ1) is 11.7. The summed E-state index contributed by atoms with van der Waals surface area (Å²) in [6.45, 7) is 0. The topological polar surface area (TPSA) is 59.4 Å². The predicted molar refractivity (Wildman–Crippen MR) is 59.7 cm³/mol. The zero-order chi connectivity index (χ0) is 9.97. The fraction of sp³-hybridized carbons (Fsp3) is 0. The molecular formula is C10H10AlNO3. The Morgan fingerprint density at radius 3 is 2.67 bits per heavy atom. The van der Waals surface area contributed by atoms with Crippen LogP contribution < -0.4 is 0 Å². The smallest absolute Gasteiger partial charge is 0.294 e. The van der Waals surface area contributed by atoms with Crippen molar-refractivity contribution in [1.29, 1.82) is 0 Å². The number of nitrogens with zero attached hydrogens (tertiary/aromatic N) is 1. The Balaban J connectivity index is 0.00000112. The van der Waals surface area contributed by atoms with Crippen molar-refractivity contribution in [3.05, 3.63) is 42.1 Å². The summed E-state index contributed by atoms with van der Waals surface area (Å²) in [4.78, 5) is 18.5. The van der Waals surface area contributed by atoms with Gasteiger partial charge in [-0.1, -0.05) is 24.3 Å². The highest BCUT2D eigenvalue weighted by molar-refractivity contribution is 5.90. The van der Waals surface area contributed by atoms with Gasteiger partial charge < -0.3 is 0 Å². The third-order valence-corrected chi connectivity index (χ3v) is 1.89. The van der Waals surface area contributed by atoms with Crippen LogP contribution in [0.2, 0.25) is 0 Å². The number of para-hydroxylation sites is 1. The molecule has 0 fully saturated rings. The summed E-state index contributed by atoms with van der Waals surface area (Å²) < 4.78 is 0. The minimum atomic E-state index is -0.851. The van der Waals surface area contributed by atoms with Crippen molar-refractivity contribution >= 4 is 34.2 Å². The summed E-state index contributed by atoms with van der Waals surface area (Å²) in [5, 5.41) is 9.10. The third-order valence-electron chi connectivity index (χ3n) is 1.89. The van der Waals surface area contributed by atoms with Crippen LogP contribution in [0.25, 0.3) is 10.9 Å². The average Bonchev–Trinajstić information content (AvgIpc) is 2.27. The lowest BCUT2D eigenvalue weighted by Gasteiger charge is -1.98. The van der Waals surface area contributed by atoms with Gasteiger partial charge in [0.15, 0.2) is 23.1 Å². The molecule has 1 aromatic heterocycles. The Labute approximate surface area is 96.6 Å². The molecule has 5 heteroatoms. The monoisotopic (exact) mass is 219 g/mol. The number of hydrogen-bond donors (Lipinski definition) is 1. The molecule has 0 saturated heterocycles. The molecule has 0 aliphatic rings. The number of benzene rings is 1. The summed E-state index contributed by atoms with van der Waals surface area (Å²) in [7, 11) is 0. The van der Waals surface area contributed by atoms with Crippen LogP contribution in [-0.4, -0.2) is 33.6 Å². The van der Waals surface area contributed by atoms with E-state index in [9.17, 15) is 4.79 Å². The second-order valence-corrected chi connectivity index (χ2v) is 2.77. The van der Waals surface area contributed by atoms with Crippen LogP contribution in [0.15, 0.2) is 36.4 Å². The zero-order valence-corrected chi connectivity index (χ0v) is 7.18. The number of aromatic nitrogens is 1. The molecule has 15 heavy (non-hydrogen) atoms. The number of fused-ring (bicyclic) bond motifs is 1. The van der Waals surface area contributed by atoms with Crippen molar-refractivity contribution in [1.82, 2.24) is 4.98 Å². The molecule has 2 aromatic rings. The fourth-order valence-corrected chi connectivity index (χ4v) is 1.23. The molecule has 4 nitrogen and oxygen atoms in total. The lowest BCUT2D eigenvalue weighted by atomic mass is 10.2.